The Labute approximate surface area is 179 Å². The first-order valence-corrected chi connectivity index (χ1v) is 12.1. The molecular weight excluding hydrogens is 400 g/mol. The second-order valence-electron chi connectivity index (χ2n) is 8.16. The summed E-state index contributed by atoms with van der Waals surface area (Å²) in [7, 11) is -3.52. The van der Waals surface area contributed by atoms with E-state index in [1.54, 1.807) is 12.1 Å². The molecule has 1 atom stereocenters. The summed E-state index contributed by atoms with van der Waals surface area (Å²) in [5.41, 5.74) is 3.95. The lowest BCUT2D eigenvalue weighted by Crippen LogP contribution is -2.50. The van der Waals surface area contributed by atoms with E-state index in [-0.39, 0.29) is 12.5 Å². The first-order chi connectivity index (χ1) is 14.1. The Morgan fingerprint density at radius 3 is 2.53 bits per heavy atom. The molecule has 0 spiro atoms. The number of nitrogens with one attached hydrogen (secondary N) is 1. The Balaban J connectivity index is 1.57. The van der Waals surface area contributed by atoms with Crippen molar-refractivity contribution >= 4 is 21.6 Å². The van der Waals surface area contributed by atoms with Gasteiger partial charge in [0.15, 0.2) is 6.10 Å². The molecule has 2 aromatic carbocycles. The maximum Gasteiger partial charge on any atom is 0.263 e. The van der Waals surface area contributed by atoms with Crippen molar-refractivity contribution in [1.29, 1.82) is 0 Å². The van der Waals surface area contributed by atoms with Crippen molar-refractivity contribution in [3.63, 3.8) is 0 Å². The standard InChI is InChI=1S/C23H30N2O4S/c1-16(2)19-10-8-18(9-11-19)6-5-13-24-23(26)22-15-25(30(4,27)28)20-14-17(3)7-12-21(20)29-22/h7-12,14,16,22H,5-6,13,15H2,1-4H3,(H,24,26)/t22-/m1/s1. The fourth-order valence-corrected chi connectivity index (χ4v) is 4.41. The zero-order valence-electron chi connectivity index (χ0n) is 18.0. The normalized spacial score (nSPS) is 16.2. The number of carbonyl (C=O) groups excluding carboxylic acids is 1. The molecule has 0 bridgehead atoms. The molecule has 0 unspecified atom stereocenters. The minimum Gasteiger partial charge on any atom is -0.476 e. The Hall–Kier alpha value is -2.54. The van der Waals surface area contributed by atoms with Crippen LogP contribution in [-0.2, 0) is 21.2 Å². The molecule has 162 valence electrons. The summed E-state index contributed by atoms with van der Waals surface area (Å²) in [5.74, 6) is 0.613. The highest BCUT2D eigenvalue weighted by atomic mass is 32.2. The molecule has 1 aliphatic heterocycles. The van der Waals surface area contributed by atoms with E-state index in [1.807, 2.05) is 13.0 Å². The van der Waals surface area contributed by atoms with E-state index in [1.165, 1.54) is 15.4 Å². The molecule has 30 heavy (non-hydrogen) atoms. The number of nitrogens with zero attached hydrogens (tertiary/aromatic N) is 1. The van der Waals surface area contributed by atoms with Crippen molar-refractivity contribution in [1.82, 2.24) is 5.32 Å². The van der Waals surface area contributed by atoms with Gasteiger partial charge in [-0.25, -0.2) is 8.42 Å². The smallest absolute Gasteiger partial charge is 0.263 e. The number of carbonyl (C=O) groups is 1. The van der Waals surface area contributed by atoms with Crippen molar-refractivity contribution < 1.29 is 17.9 Å². The molecule has 0 aromatic heterocycles. The zero-order chi connectivity index (χ0) is 21.9. The second-order valence-corrected chi connectivity index (χ2v) is 10.1. The van der Waals surface area contributed by atoms with Gasteiger partial charge in [-0.1, -0.05) is 44.2 Å². The third-order valence-corrected chi connectivity index (χ3v) is 6.41. The molecule has 0 aliphatic carbocycles. The molecule has 1 heterocycles. The van der Waals surface area contributed by atoms with Crippen LogP contribution >= 0.6 is 0 Å². The molecule has 1 aliphatic rings. The van der Waals surface area contributed by atoms with E-state index in [4.69, 9.17) is 4.74 Å². The average molecular weight is 431 g/mol. The number of benzene rings is 2. The fourth-order valence-electron chi connectivity index (χ4n) is 3.50. The molecule has 0 radical (unpaired) electrons. The molecule has 3 rings (SSSR count). The number of ether oxygens (including phenoxy) is 1. The lowest BCUT2D eigenvalue weighted by molar-refractivity contribution is -0.127. The largest absolute Gasteiger partial charge is 0.476 e. The van der Waals surface area contributed by atoms with E-state index >= 15 is 0 Å². The predicted molar refractivity (Wildman–Crippen MR) is 120 cm³/mol. The molecule has 0 saturated carbocycles. The minimum absolute atomic E-state index is 0.0300. The van der Waals surface area contributed by atoms with Crippen LogP contribution in [0.1, 0.15) is 42.9 Å². The summed E-state index contributed by atoms with van der Waals surface area (Å²) in [6, 6.07) is 13.9. The maximum absolute atomic E-state index is 12.6. The van der Waals surface area contributed by atoms with Gasteiger partial charge >= 0.3 is 0 Å². The Kier molecular flexibility index (Phi) is 6.71. The third kappa shape index (κ3) is 5.33. The van der Waals surface area contributed by atoms with Crippen LogP contribution in [-0.4, -0.2) is 39.8 Å². The highest BCUT2D eigenvalue weighted by molar-refractivity contribution is 7.92. The van der Waals surface area contributed by atoms with E-state index in [0.29, 0.717) is 23.9 Å². The predicted octanol–water partition coefficient (Wildman–Crippen LogP) is 3.39. The Morgan fingerprint density at radius 2 is 1.90 bits per heavy atom. The SMILES string of the molecule is Cc1ccc2c(c1)N(S(C)(=O)=O)C[C@H](C(=O)NCCCc1ccc(C(C)C)cc1)O2. The number of hydrogen-bond acceptors (Lipinski definition) is 4. The van der Waals surface area contributed by atoms with Gasteiger partial charge in [0.1, 0.15) is 5.75 Å². The molecular formula is C23H30N2O4S. The molecule has 2 aromatic rings. The van der Waals surface area contributed by atoms with Crippen molar-refractivity contribution in [3.8, 4) is 5.75 Å². The van der Waals surface area contributed by atoms with Gasteiger partial charge in [-0.05, 0) is 54.5 Å². The molecule has 0 fully saturated rings. The van der Waals surface area contributed by atoms with Gasteiger partial charge in [0.2, 0.25) is 10.0 Å². The van der Waals surface area contributed by atoms with Crippen LogP contribution in [0.2, 0.25) is 0 Å². The first kappa shape index (κ1) is 22.2. The number of hydrogen-bond donors (Lipinski definition) is 1. The number of amides is 1. The van der Waals surface area contributed by atoms with Gasteiger partial charge in [-0.2, -0.15) is 0 Å². The molecule has 7 heteroatoms. The summed E-state index contributed by atoms with van der Waals surface area (Å²) in [6.07, 6.45) is 1.93. The molecule has 1 amide bonds. The first-order valence-electron chi connectivity index (χ1n) is 10.3. The van der Waals surface area contributed by atoms with Gasteiger partial charge in [0.25, 0.3) is 5.91 Å². The quantitative estimate of drug-likeness (QED) is 0.683. The van der Waals surface area contributed by atoms with Crippen LogP contribution < -0.4 is 14.4 Å². The summed E-state index contributed by atoms with van der Waals surface area (Å²) in [5, 5.41) is 2.88. The highest BCUT2D eigenvalue weighted by Gasteiger charge is 2.34. The van der Waals surface area contributed by atoms with Crippen molar-refractivity contribution in [2.75, 3.05) is 23.7 Å². The Morgan fingerprint density at radius 1 is 1.20 bits per heavy atom. The lowest BCUT2D eigenvalue weighted by Gasteiger charge is -2.34. The number of aryl methyl sites for hydroxylation is 2. The molecule has 0 saturated heterocycles. The van der Waals surface area contributed by atoms with Crippen LogP contribution in [0, 0.1) is 6.92 Å². The molecule has 1 N–H and O–H groups in total. The summed E-state index contributed by atoms with van der Waals surface area (Å²) in [6.45, 7) is 6.70. The lowest BCUT2D eigenvalue weighted by atomic mass is 10.0. The maximum atomic E-state index is 12.6. The average Bonchev–Trinajstić information content (AvgIpc) is 2.69. The van der Waals surface area contributed by atoms with E-state index in [9.17, 15) is 13.2 Å². The topological polar surface area (TPSA) is 75.7 Å². The minimum atomic E-state index is -3.52. The van der Waals surface area contributed by atoms with E-state index < -0.39 is 16.1 Å². The van der Waals surface area contributed by atoms with Gasteiger partial charge in [-0.15, -0.1) is 0 Å². The van der Waals surface area contributed by atoms with Crippen LogP contribution in [0.3, 0.4) is 0 Å². The van der Waals surface area contributed by atoms with Gasteiger partial charge < -0.3 is 10.1 Å². The van der Waals surface area contributed by atoms with Crippen LogP contribution in [0.25, 0.3) is 0 Å². The van der Waals surface area contributed by atoms with Crippen molar-refractivity contribution in [2.45, 2.75) is 45.6 Å². The van der Waals surface area contributed by atoms with Crippen molar-refractivity contribution in [3.05, 3.63) is 59.2 Å². The van der Waals surface area contributed by atoms with Gasteiger partial charge in [0, 0.05) is 6.54 Å². The Bertz CT molecular complexity index is 1000. The number of fused-ring (bicyclic) bond motifs is 1. The number of sulfonamides is 1. The molecule has 6 nitrogen and oxygen atoms in total. The summed E-state index contributed by atoms with van der Waals surface area (Å²) >= 11 is 0. The fraction of sp³-hybridized carbons (Fsp3) is 0.435. The number of anilines is 1. The third-order valence-electron chi connectivity index (χ3n) is 5.26. The van der Waals surface area contributed by atoms with Gasteiger partial charge in [-0.3, -0.25) is 9.10 Å². The zero-order valence-corrected chi connectivity index (χ0v) is 18.8. The van der Waals surface area contributed by atoms with Crippen LogP contribution in [0.4, 0.5) is 5.69 Å². The van der Waals surface area contributed by atoms with E-state index in [0.717, 1.165) is 24.7 Å². The highest BCUT2D eigenvalue weighted by Crippen LogP contribution is 2.35. The van der Waals surface area contributed by atoms with Crippen LogP contribution in [0.15, 0.2) is 42.5 Å². The summed E-state index contributed by atoms with van der Waals surface area (Å²) in [4.78, 5) is 12.6. The second kappa shape index (κ2) is 9.08. The van der Waals surface area contributed by atoms with Crippen LogP contribution in [0.5, 0.6) is 5.75 Å². The van der Waals surface area contributed by atoms with Crippen molar-refractivity contribution in [2.24, 2.45) is 0 Å². The van der Waals surface area contributed by atoms with Gasteiger partial charge in [0.05, 0.1) is 18.5 Å². The summed E-state index contributed by atoms with van der Waals surface area (Å²) < 4.78 is 31.6. The number of rotatable bonds is 7. The monoisotopic (exact) mass is 430 g/mol. The van der Waals surface area contributed by atoms with E-state index in [2.05, 4.69) is 43.4 Å².